The lowest BCUT2D eigenvalue weighted by Gasteiger charge is -2.17. The number of aromatic nitrogens is 2. The van der Waals surface area contributed by atoms with Crippen molar-refractivity contribution >= 4 is 55.4 Å². The van der Waals surface area contributed by atoms with Gasteiger partial charge >= 0.3 is 0 Å². The van der Waals surface area contributed by atoms with Gasteiger partial charge in [0.2, 0.25) is 5.96 Å². The predicted molar refractivity (Wildman–Crippen MR) is 164 cm³/mol. The lowest BCUT2D eigenvalue weighted by molar-refractivity contribution is 0.624. The first-order valence-electron chi connectivity index (χ1n) is 13.0. The van der Waals surface area contributed by atoms with E-state index in [0.717, 1.165) is 55.3 Å². The van der Waals surface area contributed by atoms with Gasteiger partial charge in [0.1, 0.15) is 5.84 Å². The van der Waals surface area contributed by atoms with Gasteiger partial charge in [-0.25, -0.2) is 0 Å². The van der Waals surface area contributed by atoms with E-state index in [1.54, 1.807) is 0 Å². The number of nitrogens with one attached hydrogen (secondary N) is 1. The fourth-order valence-electron chi connectivity index (χ4n) is 5.73. The van der Waals surface area contributed by atoms with Gasteiger partial charge in [0, 0.05) is 46.9 Å². The van der Waals surface area contributed by atoms with Crippen LogP contribution in [0.25, 0.3) is 49.3 Å². The third kappa shape index (κ3) is 3.55. The Bertz CT molecular complexity index is 2040. The standard InChI is InChI=1S/C34H27N5/c1-37(2)33(23-13-5-3-6-14-23)36-34(35)39-30-20-12-10-18-26(30)28-22-21-27-25-17-9-11-19-29(25)38(31(27)32(28)39)24-15-7-4-8-16-24/h3-22,35H,1-2H3. The van der Waals surface area contributed by atoms with Crippen LogP contribution >= 0.6 is 0 Å². The Hall–Kier alpha value is -5.16. The second-order valence-corrected chi connectivity index (χ2v) is 9.92. The van der Waals surface area contributed by atoms with Crippen LogP contribution < -0.4 is 0 Å². The van der Waals surface area contributed by atoms with E-state index in [1.165, 1.54) is 5.39 Å². The van der Waals surface area contributed by atoms with E-state index in [-0.39, 0.29) is 5.96 Å². The van der Waals surface area contributed by atoms with Crippen LogP contribution in [0, 0.1) is 5.41 Å². The molecule has 7 aromatic rings. The summed E-state index contributed by atoms with van der Waals surface area (Å²) in [6.07, 6.45) is 0. The van der Waals surface area contributed by atoms with Gasteiger partial charge in [-0.2, -0.15) is 4.99 Å². The molecule has 2 heterocycles. The van der Waals surface area contributed by atoms with Crippen LogP contribution in [-0.2, 0) is 0 Å². The minimum absolute atomic E-state index is 0.172. The van der Waals surface area contributed by atoms with E-state index < -0.39 is 0 Å². The maximum atomic E-state index is 9.41. The molecule has 0 bridgehead atoms. The fraction of sp³-hybridized carbons (Fsp3) is 0.0588. The molecule has 5 aromatic carbocycles. The van der Waals surface area contributed by atoms with Crippen molar-refractivity contribution in [2.75, 3.05) is 14.1 Å². The summed E-state index contributed by atoms with van der Waals surface area (Å²) in [5.41, 5.74) is 6.20. The molecule has 1 N–H and O–H groups in total. The van der Waals surface area contributed by atoms with Crippen LogP contribution in [0.15, 0.2) is 126 Å². The van der Waals surface area contributed by atoms with E-state index >= 15 is 0 Å². The average molecular weight is 506 g/mol. The van der Waals surface area contributed by atoms with Crippen molar-refractivity contribution in [3.63, 3.8) is 0 Å². The van der Waals surface area contributed by atoms with Gasteiger partial charge in [-0.05, 0) is 24.3 Å². The Morgan fingerprint density at radius 1 is 0.590 bits per heavy atom. The summed E-state index contributed by atoms with van der Waals surface area (Å²) < 4.78 is 4.33. The first kappa shape index (κ1) is 23.0. The molecule has 0 atom stereocenters. The van der Waals surface area contributed by atoms with Crippen LogP contribution in [0.5, 0.6) is 0 Å². The molecule has 39 heavy (non-hydrogen) atoms. The fourth-order valence-corrected chi connectivity index (χ4v) is 5.73. The van der Waals surface area contributed by atoms with E-state index in [1.807, 2.05) is 66.0 Å². The second kappa shape index (κ2) is 8.99. The number of fused-ring (bicyclic) bond motifs is 7. The highest BCUT2D eigenvalue weighted by Gasteiger charge is 2.22. The van der Waals surface area contributed by atoms with E-state index in [0.29, 0.717) is 0 Å². The smallest absolute Gasteiger partial charge is 0.229 e. The van der Waals surface area contributed by atoms with Crippen LogP contribution in [-0.4, -0.2) is 39.9 Å². The van der Waals surface area contributed by atoms with Gasteiger partial charge in [0.15, 0.2) is 0 Å². The van der Waals surface area contributed by atoms with Crippen LogP contribution in [0.2, 0.25) is 0 Å². The van der Waals surface area contributed by atoms with Gasteiger partial charge in [-0.1, -0.05) is 97.1 Å². The summed E-state index contributed by atoms with van der Waals surface area (Å²) in [6.45, 7) is 0. The van der Waals surface area contributed by atoms with Crippen LogP contribution in [0.3, 0.4) is 0 Å². The third-order valence-electron chi connectivity index (χ3n) is 7.36. The van der Waals surface area contributed by atoms with Gasteiger partial charge in [-0.15, -0.1) is 0 Å². The minimum Gasteiger partial charge on any atom is -0.362 e. The maximum absolute atomic E-state index is 9.41. The van der Waals surface area contributed by atoms with Crippen molar-refractivity contribution < 1.29 is 0 Å². The summed E-state index contributed by atoms with van der Waals surface area (Å²) in [5.74, 6) is 0.911. The molecule has 0 fully saturated rings. The summed E-state index contributed by atoms with van der Waals surface area (Å²) in [6, 6.07) is 41.8. The van der Waals surface area contributed by atoms with Crippen molar-refractivity contribution in [2.24, 2.45) is 4.99 Å². The average Bonchev–Trinajstić information content (AvgIpc) is 3.50. The maximum Gasteiger partial charge on any atom is 0.229 e. The van der Waals surface area contributed by atoms with Crippen LogP contribution in [0.1, 0.15) is 5.56 Å². The molecule has 7 rings (SSSR count). The Morgan fingerprint density at radius 2 is 1.13 bits per heavy atom. The van der Waals surface area contributed by atoms with Gasteiger partial charge in [0.25, 0.3) is 0 Å². The van der Waals surface area contributed by atoms with E-state index in [9.17, 15) is 5.41 Å². The molecule has 5 nitrogen and oxygen atoms in total. The predicted octanol–water partition coefficient (Wildman–Crippen LogP) is 7.68. The molecule has 0 aliphatic carbocycles. The van der Waals surface area contributed by atoms with Gasteiger partial charge in [0.05, 0.1) is 22.1 Å². The zero-order valence-corrected chi connectivity index (χ0v) is 21.8. The Labute approximate surface area is 226 Å². The molecule has 5 heteroatoms. The molecule has 0 aliphatic rings. The number of rotatable bonds is 2. The van der Waals surface area contributed by atoms with E-state index in [2.05, 4.69) is 83.4 Å². The molecular weight excluding hydrogens is 478 g/mol. The lowest BCUT2D eigenvalue weighted by atomic mass is 10.1. The molecular formula is C34H27N5. The molecule has 0 saturated carbocycles. The number of hydrogen-bond acceptors (Lipinski definition) is 1. The molecule has 0 spiro atoms. The molecule has 0 unspecified atom stereocenters. The Balaban J connectivity index is 1.64. The molecule has 0 saturated heterocycles. The number of amidine groups is 1. The quantitative estimate of drug-likeness (QED) is 0.190. The number of nitrogens with zero attached hydrogens (tertiary/aromatic N) is 4. The van der Waals surface area contributed by atoms with Crippen LogP contribution in [0.4, 0.5) is 0 Å². The summed E-state index contributed by atoms with van der Waals surface area (Å²) in [5, 5.41) is 13.9. The molecule has 0 radical (unpaired) electrons. The highest BCUT2D eigenvalue weighted by molar-refractivity contribution is 6.26. The lowest BCUT2D eigenvalue weighted by Crippen LogP contribution is -2.25. The third-order valence-corrected chi connectivity index (χ3v) is 7.36. The summed E-state index contributed by atoms with van der Waals surface area (Å²) >= 11 is 0. The zero-order valence-electron chi connectivity index (χ0n) is 21.8. The largest absolute Gasteiger partial charge is 0.362 e. The first-order valence-corrected chi connectivity index (χ1v) is 13.0. The molecule has 188 valence electrons. The monoisotopic (exact) mass is 505 g/mol. The minimum atomic E-state index is 0.172. The van der Waals surface area contributed by atoms with Crippen molar-refractivity contribution in [2.45, 2.75) is 0 Å². The topological polar surface area (TPSA) is 49.3 Å². The normalized spacial score (nSPS) is 12.1. The van der Waals surface area contributed by atoms with Crippen molar-refractivity contribution in [3.8, 4) is 5.69 Å². The van der Waals surface area contributed by atoms with Gasteiger partial charge < -0.3 is 9.47 Å². The molecule has 0 aliphatic heterocycles. The number of hydrogen-bond donors (Lipinski definition) is 1. The van der Waals surface area contributed by atoms with Crippen molar-refractivity contribution in [3.05, 3.63) is 127 Å². The number of para-hydroxylation sites is 3. The van der Waals surface area contributed by atoms with Crippen molar-refractivity contribution in [1.29, 1.82) is 5.41 Å². The Morgan fingerprint density at radius 3 is 1.79 bits per heavy atom. The highest BCUT2D eigenvalue weighted by atomic mass is 15.2. The molecule has 2 aromatic heterocycles. The summed E-state index contributed by atoms with van der Waals surface area (Å²) in [7, 11) is 3.94. The second-order valence-electron chi connectivity index (χ2n) is 9.92. The van der Waals surface area contributed by atoms with E-state index in [4.69, 9.17) is 4.99 Å². The SMILES string of the molecule is CN(C)C(=NC(=N)n1c2ccccc2c2ccc3c4ccccc4n(-c4ccccc4)c3c21)c1ccccc1. The number of aliphatic imine (C=N–C) groups is 1. The number of benzene rings is 5. The zero-order chi connectivity index (χ0) is 26.5. The van der Waals surface area contributed by atoms with Gasteiger partial charge in [-0.3, -0.25) is 9.98 Å². The first-order chi connectivity index (χ1) is 19.1. The van der Waals surface area contributed by atoms with Crippen molar-refractivity contribution in [1.82, 2.24) is 14.0 Å². The highest BCUT2D eigenvalue weighted by Crippen LogP contribution is 2.40. The Kier molecular flexibility index (Phi) is 5.30. The molecule has 0 amide bonds. The summed E-state index contributed by atoms with van der Waals surface area (Å²) in [4.78, 5) is 6.90.